The Morgan fingerprint density at radius 2 is 2.57 bits per heavy atom. The first-order valence-corrected chi connectivity index (χ1v) is 4.77. The second-order valence-electron chi connectivity index (χ2n) is 3.61. The van der Waals surface area contributed by atoms with Gasteiger partial charge in [-0.2, -0.15) is 5.10 Å². The van der Waals surface area contributed by atoms with Gasteiger partial charge < -0.3 is 10.6 Å². The van der Waals surface area contributed by atoms with Crippen molar-refractivity contribution in [2.75, 3.05) is 6.54 Å². The zero-order valence-electron chi connectivity index (χ0n) is 8.08. The smallest absolute Gasteiger partial charge is 0.221 e. The lowest BCUT2D eigenvalue weighted by atomic mass is 10.2. The van der Waals surface area contributed by atoms with Crippen molar-refractivity contribution in [2.24, 2.45) is 0 Å². The third-order valence-electron chi connectivity index (χ3n) is 2.45. The molecule has 1 aromatic rings. The van der Waals surface area contributed by atoms with E-state index >= 15 is 0 Å². The number of nitrogens with zero attached hydrogens (tertiary/aromatic N) is 1. The molecule has 0 bridgehead atoms. The van der Waals surface area contributed by atoms with Crippen LogP contribution in [0.4, 0.5) is 0 Å². The van der Waals surface area contributed by atoms with E-state index in [1.165, 1.54) is 0 Å². The van der Waals surface area contributed by atoms with Crippen LogP contribution in [0, 0.1) is 0 Å². The number of nitrogens with one attached hydrogen (secondary N) is 3. The number of H-pyrrole nitrogens is 1. The highest BCUT2D eigenvalue weighted by Gasteiger charge is 2.23. The van der Waals surface area contributed by atoms with Crippen LogP contribution < -0.4 is 10.6 Å². The number of aromatic amines is 1. The van der Waals surface area contributed by atoms with E-state index in [1.807, 2.05) is 6.07 Å². The molecule has 2 rings (SSSR count). The Morgan fingerprint density at radius 1 is 1.71 bits per heavy atom. The van der Waals surface area contributed by atoms with Crippen molar-refractivity contribution < 1.29 is 4.79 Å². The fraction of sp³-hybridized carbons (Fsp3) is 0.556. The summed E-state index contributed by atoms with van der Waals surface area (Å²) < 4.78 is 0. The highest BCUT2D eigenvalue weighted by molar-refractivity contribution is 5.78. The van der Waals surface area contributed by atoms with Crippen LogP contribution in [-0.4, -0.2) is 28.7 Å². The van der Waals surface area contributed by atoms with Gasteiger partial charge in [0, 0.05) is 31.2 Å². The van der Waals surface area contributed by atoms with Crippen LogP contribution in [0.15, 0.2) is 12.3 Å². The van der Waals surface area contributed by atoms with Gasteiger partial charge in [0.25, 0.3) is 0 Å². The van der Waals surface area contributed by atoms with E-state index in [-0.39, 0.29) is 18.0 Å². The molecule has 1 aliphatic heterocycles. The van der Waals surface area contributed by atoms with Crippen molar-refractivity contribution in [1.29, 1.82) is 0 Å². The lowest BCUT2D eigenvalue weighted by Gasteiger charge is -2.16. The summed E-state index contributed by atoms with van der Waals surface area (Å²) >= 11 is 0. The maximum Gasteiger partial charge on any atom is 0.221 e. The van der Waals surface area contributed by atoms with Gasteiger partial charge in [-0.05, 0) is 13.0 Å². The predicted octanol–water partition coefficient (Wildman–Crippen LogP) is -0.0512. The topological polar surface area (TPSA) is 69.8 Å². The second-order valence-corrected chi connectivity index (χ2v) is 3.61. The summed E-state index contributed by atoms with van der Waals surface area (Å²) in [7, 11) is 0. The minimum absolute atomic E-state index is 0.124. The van der Waals surface area contributed by atoms with E-state index in [2.05, 4.69) is 27.8 Å². The monoisotopic (exact) mass is 194 g/mol. The van der Waals surface area contributed by atoms with Gasteiger partial charge in [0.1, 0.15) is 0 Å². The maximum atomic E-state index is 11.0. The molecular weight excluding hydrogens is 180 g/mol. The molecule has 5 heteroatoms. The summed E-state index contributed by atoms with van der Waals surface area (Å²) in [6.07, 6.45) is 2.30. The lowest BCUT2D eigenvalue weighted by Crippen LogP contribution is -2.33. The van der Waals surface area contributed by atoms with E-state index in [0.29, 0.717) is 6.42 Å². The first-order valence-electron chi connectivity index (χ1n) is 4.77. The Bertz CT molecular complexity index is 309. The summed E-state index contributed by atoms with van der Waals surface area (Å²) in [5, 5.41) is 12.9. The molecule has 1 fully saturated rings. The van der Waals surface area contributed by atoms with Crippen molar-refractivity contribution >= 4 is 5.91 Å². The molecule has 0 aliphatic carbocycles. The summed E-state index contributed by atoms with van der Waals surface area (Å²) in [6.45, 7) is 2.77. The molecule has 0 radical (unpaired) electrons. The van der Waals surface area contributed by atoms with Gasteiger partial charge in [-0.25, -0.2) is 0 Å². The van der Waals surface area contributed by atoms with Crippen LogP contribution in [-0.2, 0) is 4.79 Å². The molecule has 0 aromatic carbocycles. The number of hydrogen-bond donors (Lipinski definition) is 3. The molecule has 3 N–H and O–H groups in total. The average Bonchev–Trinajstić information content (AvgIpc) is 2.75. The number of hydrogen-bond acceptors (Lipinski definition) is 3. The van der Waals surface area contributed by atoms with Crippen molar-refractivity contribution in [3.63, 3.8) is 0 Å². The Hall–Kier alpha value is -1.36. The molecule has 1 saturated heterocycles. The van der Waals surface area contributed by atoms with Crippen LogP contribution >= 0.6 is 0 Å². The van der Waals surface area contributed by atoms with Crippen LogP contribution in [0.2, 0.25) is 0 Å². The van der Waals surface area contributed by atoms with Crippen LogP contribution in [0.3, 0.4) is 0 Å². The fourth-order valence-corrected chi connectivity index (χ4v) is 1.67. The SMILES string of the molecule is CC(NC1CNC(=O)C1)c1ccn[nH]1. The molecule has 1 amide bonds. The Labute approximate surface area is 82.3 Å². The molecule has 76 valence electrons. The van der Waals surface area contributed by atoms with Crippen molar-refractivity contribution in [1.82, 2.24) is 20.8 Å². The quantitative estimate of drug-likeness (QED) is 0.631. The first-order chi connectivity index (χ1) is 6.75. The molecule has 1 aliphatic rings. The van der Waals surface area contributed by atoms with E-state index in [4.69, 9.17) is 0 Å². The minimum Gasteiger partial charge on any atom is -0.354 e. The number of rotatable bonds is 3. The van der Waals surface area contributed by atoms with Crippen LogP contribution in [0.1, 0.15) is 25.1 Å². The number of amides is 1. The predicted molar refractivity (Wildman–Crippen MR) is 51.6 cm³/mol. The van der Waals surface area contributed by atoms with Crippen molar-refractivity contribution in [3.05, 3.63) is 18.0 Å². The molecule has 14 heavy (non-hydrogen) atoms. The standard InChI is InChI=1S/C9H14N4O/c1-6(8-2-3-11-13-8)12-7-4-9(14)10-5-7/h2-3,6-7,12H,4-5H2,1H3,(H,10,14)(H,11,13). The van der Waals surface area contributed by atoms with Crippen LogP contribution in [0.5, 0.6) is 0 Å². The normalized spacial score (nSPS) is 23.5. The van der Waals surface area contributed by atoms with Gasteiger partial charge in [0.15, 0.2) is 0 Å². The van der Waals surface area contributed by atoms with Gasteiger partial charge in [0.05, 0.1) is 5.69 Å². The summed E-state index contributed by atoms with van der Waals surface area (Å²) in [5.74, 6) is 0.124. The average molecular weight is 194 g/mol. The molecule has 0 spiro atoms. The zero-order chi connectivity index (χ0) is 9.97. The molecule has 2 unspecified atom stereocenters. The fourth-order valence-electron chi connectivity index (χ4n) is 1.67. The zero-order valence-corrected chi connectivity index (χ0v) is 8.08. The molecule has 2 atom stereocenters. The third kappa shape index (κ3) is 1.93. The number of carbonyl (C=O) groups is 1. The summed E-state index contributed by atoms with van der Waals surface area (Å²) in [4.78, 5) is 11.0. The highest BCUT2D eigenvalue weighted by atomic mass is 16.1. The first kappa shape index (κ1) is 9.21. The molecule has 0 saturated carbocycles. The van der Waals surface area contributed by atoms with Crippen molar-refractivity contribution in [3.8, 4) is 0 Å². The van der Waals surface area contributed by atoms with E-state index < -0.39 is 0 Å². The Balaban J connectivity index is 1.89. The van der Waals surface area contributed by atoms with E-state index in [0.717, 1.165) is 12.2 Å². The summed E-state index contributed by atoms with van der Waals surface area (Å²) in [6, 6.07) is 2.37. The van der Waals surface area contributed by atoms with E-state index in [9.17, 15) is 4.79 Å². The van der Waals surface area contributed by atoms with Crippen LogP contribution in [0.25, 0.3) is 0 Å². The molecule has 5 nitrogen and oxygen atoms in total. The molecular formula is C9H14N4O. The number of carbonyl (C=O) groups excluding carboxylic acids is 1. The van der Waals surface area contributed by atoms with Crippen molar-refractivity contribution in [2.45, 2.75) is 25.4 Å². The second kappa shape index (κ2) is 3.79. The van der Waals surface area contributed by atoms with Gasteiger partial charge in [0.2, 0.25) is 5.91 Å². The molecule has 2 heterocycles. The van der Waals surface area contributed by atoms with Gasteiger partial charge in [-0.3, -0.25) is 9.89 Å². The third-order valence-corrected chi connectivity index (χ3v) is 2.45. The minimum atomic E-state index is 0.124. The largest absolute Gasteiger partial charge is 0.354 e. The molecule has 1 aromatic heterocycles. The highest BCUT2D eigenvalue weighted by Crippen LogP contribution is 2.11. The van der Waals surface area contributed by atoms with Gasteiger partial charge >= 0.3 is 0 Å². The maximum absolute atomic E-state index is 11.0. The van der Waals surface area contributed by atoms with Gasteiger partial charge in [-0.1, -0.05) is 0 Å². The Morgan fingerprint density at radius 3 is 3.14 bits per heavy atom. The summed E-state index contributed by atoms with van der Waals surface area (Å²) in [5.41, 5.74) is 1.05. The number of aromatic nitrogens is 2. The Kier molecular flexibility index (Phi) is 2.49. The van der Waals surface area contributed by atoms with Gasteiger partial charge in [-0.15, -0.1) is 0 Å². The van der Waals surface area contributed by atoms with E-state index in [1.54, 1.807) is 6.20 Å². The lowest BCUT2D eigenvalue weighted by molar-refractivity contribution is -0.119.